The smallest absolute Gasteiger partial charge is 0.169 e. The Bertz CT molecular complexity index is 636. The van der Waals surface area contributed by atoms with E-state index in [0.29, 0.717) is 19.2 Å². The number of hydrogen-bond acceptors (Lipinski definition) is 4. The molecule has 24 heavy (non-hydrogen) atoms. The summed E-state index contributed by atoms with van der Waals surface area (Å²) in [5, 5.41) is 0. The summed E-state index contributed by atoms with van der Waals surface area (Å²) in [7, 11) is 0. The molecule has 1 atom stereocenters. The fourth-order valence-corrected chi connectivity index (χ4v) is 3.24. The minimum Gasteiger partial charge on any atom is -0.490 e. The lowest BCUT2D eigenvalue weighted by Gasteiger charge is -2.26. The summed E-state index contributed by atoms with van der Waals surface area (Å²) < 4.78 is 11.6. The molecule has 1 aliphatic rings. The van der Waals surface area contributed by atoms with E-state index in [4.69, 9.17) is 15.2 Å². The molecule has 0 amide bonds. The number of hydrogen-bond donors (Lipinski definition) is 1. The van der Waals surface area contributed by atoms with E-state index in [0.717, 1.165) is 30.3 Å². The number of ether oxygens (including phenoxy) is 2. The predicted octanol–water partition coefficient (Wildman–Crippen LogP) is 3.97. The molecule has 0 aromatic heterocycles. The van der Waals surface area contributed by atoms with Crippen molar-refractivity contribution in [1.82, 2.24) is 4.90 Å². The van der Waals surface area contributed by atoms with Gasteiger partial charge in [0.2, 0.25) is 0 Å². The number of benzene rings is 2. The molecule has 2 N–H and O–H groups in total. The third kappa shape index (κ3) is 3.89. The maximum atomic E-state index is 6.01. The van der Waals surface area contributed by atoms with Crippen LogP contribution < -0.4 is 15.2 Å². The van der Waals surface area contributed by atoms with Crippen LogP contribution in [-0.4, -0.2) is 31.1 Å². The Kier molecular flexibility index (Phi) is 5.72. The van der Waals surface area contributed by atoms with E-state index in [-0.39, 0.29) is 0 Å². The van der Waals surface area contributed by atoms with Crippen LogP contribution >= 0.6 is 0 Å². The van der Waals surface area contributed by atoms with Gasteiger partial charge >= 0.3 is 0 Å². The van der Waals surface area contributed by atoms with Gasteiger partial charge in [0.05, 0.1) is 6.61 Å². The summed E-state index contributed by atoms with van der Waals surface area (Å²) in [5.74, 6) is 2.31. The molecule has 3 rings (SSSR count). The van der Waals surface area contributed by atoms with Gasteiger partial charge in [-0.15, -0.1) is 0 Å². The number of nitrogens with two attached hydrogens (primary N) is 1. The summed E-state index contributed by atoms with van der Waals surface area (Å²) in [4.78, 5) is 2.47. The van der Waals surface area contributed by atoms with Gasteiger partial charge in [0.15, 0.2) is 11.5 Å². The Morgan fingerprint density at radius 3 is 2.29 bits per heavy atom. The zero-order valence-electron chi connectivity index (χ0n) is 14.3. The number of nitrogens with zero attached hydrogens (tertiary/aromatic N) is 1. The number of rotatable bonds is 7. The zero-order chi connectivity index (χ0) is 16.8. The first kappa shape index (κ1) is 16.8. The van der Waals surface area contributed by atoms with E-state index in [9.17, 15) is 0 Å². The van der Waals surface area contributed by atoms with Crippen molar-refractivity contribution in [3.05, 3.63) is 54.1 Å². The lowest BCUT2D eigenvalue weighted by Crippen LogP contribution is -2.31. The van der Waals surface area contributed by atoms with Crippen molar-refractivity contribution in [2.75, 3.05) is 26.2 Å². The standard InChI is InChI=1S/C20H26N2O2/c1-2-23-19-7-3-4-8-20(19)24-17-11-9-16(10-12-17)18(15-21)22-13-5-6-14-22/h3-4,7-12,18H,2,5-6,13-15,21H2,1H3. The average molecular weight is 326 g/mol. The van der Waals surface area contributed by atoms with Gasteiger partial charge in [0, 0.05) is 12.6 Å². The van der Waals surface area contributed by atoms with Crippen molar-refractivity contribution in [1.29, 1.82) is 0 Å². The molecule has 1 aliphatic heterocycles. The molecule has 128 valence electrons. The van der Waals surface area contributed by atoms with Gasteiger partial charge in [-0.25, -0.2) is 0 Å². The highest BCUT2D eigenvalue weighted by Gasteiger charge is 2.22. The lowest BCUT2D eigenvalue weighted by atomic mass is 10.1. The molecule has 4 heteroatoms. The van der Waals surface area contributed by atoms with Gasteiger partial charge < -0.3 is 15.2 Å². The van der Waals surface area contributed by atoms with Gasteiger partial charge in [-0.2, -0.15) is 0 Å². The first-order valence-corrected chi connectivity index (χ1v) is 8.75. The van der Waals surface area contributed by atoms with Crippen LogP contribution in [0.5, 0.6) is 17.2 Å². The first-order valence-electron chi connectivity index (χ1n) is 8.75. The normalized spacial score (nSPS) is 16.1. The third-order valence-electron chi connectivity index (χ3n) is 4.45. The van der Waals surface area contributed by atoms with Crippen LogP contribution in [0.15, 0.2) is 48.5 Å². The van der Waals surface area contributed by atoms with Crippen molar-refractivity contribution in [2.24, 2.45) is 5.73 Å². The molecule has 0 bridgehead atoms. The van der Waals surface area contributed by atoms with Crippen molar-refractivity contribution in [3.8, 4) is 17.2 Å². The summed E-state index contributed by atoms with van der Waals surface area (Å²) in [6.07, 6.45) is 2.54. The highest BCUT2D eigenvalue weighted by atomic mass is 16.5. The van der Waals surface area contributed by atoms with E-state index < -0.39 is 0 Å². The monoisotopic (exact) mass is 326 g/mol. The van der Waals surface area contributed by atoms with E-state index in [1.54, 1.807) is 0 Å². The Morgan fingerprint density at radius 1 is 1.00 bits per heavy atom. The number of para-hydroxylation sites is 2. The Morgan fingerprint density at radius 2 is 1.67 bits per heavy atom. The van der Waals surface area contributed by atoms with Crippen LogP contribution in [-0.2, 0) is 0 Å². The topological polar surface area (TPSA) is 47.7 Å². The highest BCUT2D eigenvalue weighted by Crippen LogP contribution is 2.32. The first-order chi connectivity index (χ1) is 11.8. The zero-order valence-corrected chi connectivity index (χ0v) is 14.3. The van der Waals surface area contributed by atoms with E-state index >= 15 is 0 Å². The van der Waals surface area contributed by atoms with Gasteiger partial charge in [-0.05, 0) is 62.7 Å². The Labute approximate surface area is 144 Å². The van der Waals surface area contributed by atoms with Gasteiger partial charge in [0.25, 0.3) is 0 Å². The molecule has 2 aromatic rings. The average Bonchev–Trinajstić information content (AvgIpc) is 3.13. The lowest BCUT2D eigenvalue weighted by molar-refractivity contribution is 0.251. The summed E-state index contributed by atoms with van der Waals surface area (Å²) >= 11 is 0. The second-order valence-electron chi connectivity index (χ2n) is 6.05. The van der Waals surface area contributed by atoms with Gasteiger partial charge in [-0.3, -0.25) is 4.90 Å². The van der Waals surface area contributed by atoms with Crippen LogP contribution in [0.3, 0.4) is 0 Å². The van der Waals surface area contributed by atoms with Gasteiger partial charge in [0.1, 0.15) is 5.75 Å². The minimum atomic E-state index is 0.303. The molecule has 1 heterocycles. The molecule has 1 unspecified atom stereocenters. The summed E-state index contributed by atoms with van der Waals surface area (Å²) in [5.41, 5.74) is 7.26. The van der Waals surface area contributed by atoms with E-state index in [2.05, 4.69) is 17.0 Å². The van der Waals surface area contributed by atoms with Crippen LogP contribution in [0.2, 0.25) is 0 Å². The second-order valence-corrected chi connectivity index (χ2v) is 6.05. The maximum Gasteiger partial charge on any atom is 0.169 e. The summed E-state index contributed by atoms with van der Waals surface area (Å²) in [6, 6.07) is 16.3. The van der Waals surface area contributed by atoms with E-state index in [1.807, 2.05) is 43.3 Å². The fraction of sp³-hybridized carbons (Fsp3) is 0.400. The Balaban J connectivity index is 1.72. The molecule has 0 saturated carbocycles. The second kappa shape index (κ2) is 8.18. The van der Waals surface area contributed by atoms with Crippen LogP contribution in [0, 0.1) is 0 Å². The van der Waals surface area contributed by atoms with Gasteiger partial charge in [-0.1, -0.05) is 24.3 Å². The SMILES string of the molecule is CCOc1ccccc1Oc1ccc(C(CN)N2CCCC2)cc1. The van der Waals surface area contributed by atoms with Crippen LogP contribution in [0.1, 0.15) is 31.4 Å². The highest BCUT2D eigenvalue weighted by molar-refractivity contribution is 5.43. The summed E-state index contributed by atoms with van der Waals surface area (Å²) in [6.45, 7) is 5.52. The largest absolute Gasteiger partial charge is 0.490 e. The maximum absolute atomic E-state index is 6.01. The van der Waals surface area contributed by atoms with Crippen molar-refractivity contribution < 1.29 is 9.47 Å². The molecule has 0 radical (unpaired) electrons. The molecule has 4 nitrogen and oxygen atoms in total. The predicted molar refractivity (Wildman–Crippen MR) is 96.7 cm³/mol. The van der Waals surface area contributed by atoms with Crippen molar-refractivity contribution in [3.63, 3.8) is 0 Å². The molecular weight excluding hydrogens is 300 g/mol. The molecular formula is C20H26N2O2. The third-order valence-corrected chi connectivity index (χ3v) is 4.45. The Hall–Kier alpha value is -2.04. The molecule has 1 fully saturated rings. The fourth-order valence-electron chi connectivity index (χ4n) is 3.24. The van der Waals surface area contributed by atoms with Crippen LogP contribution in [0.25, 0.3) is 0 Å². The van der Waals surface area contributed by atoms with E-state index in [1.165, 1.54) is 18.4 Å². The molecule has 0 spiro atoms. The molecule has 1 saturated heterocycles. The van der Waals surface area contributed by atoms with Crippen molar-refractivity contribution in [2.45, 2.75) is 25.8 Å². The number of likely N-dealkylation sites (tertiary alicyclic amines) is 1. The molecule has 2 aromatic carbocycles. The minimum absolute atomic E-state index is 0.303. The quantitative estimate of drug-likeness (QED) is 0.836. The van der Waals surface area contributed by atoms with Crippen molar-refractivity contribution >= 4 is 0 Å². The molecule has 0 aliphatic carbocycles. The van der Waals surface area contributed by atoms with Crippen LogP contribution in [0.4, 0.5) is 0 Å².